The number of hydrogen-bond acceptors (Lipinski definition) is 11. The lowest BCUT2D eigenvalue weighted by Crippen LogP contribution is -2.51. The Kier molecular flexibility index (Phi) is 15.1. The highest BCUT2D eigenvalue weighted by molar-refractivity contribution is 6.15. The molecule has 14 heteroatoms. The first-order valence-corrected chi connectivity index (χ1v) is 19.4. The van der Waals surface area contributed by atoms with Gasteiger partial charge in [-0.3, -0.25) is 24.1 Å². The Balaban J connectivity index is 1.37. The molecule has 2 aliphatic rings. The number of esters is 1. The van der Waals surface area contributed by atoms with Crippen molar-refractivity contribution in [2.45, 2.75) is 136 Å². The van der Waals surface area contributed by atoms with E-state index >= 15 is 0 Å². The third kappa shape index (κ3) is 14.0. The molecule has 4 rings (SSSR count). The zero-order chi connectivity index (χ0) is 42.1. The zero-order valence-corrected chi connectivity index (χ0v) is 34.3. The molecule has 4 atom stereocenters. The molecule has 3 amide bonds. The van der Waals surface area contributed by atoms with Gasteiger partial charge in [-0.05, 0) is 104 Å². The lowest BCUT2D eigenvalue weighted by atomic mass is 9.97. The maximum Gasteiger partial charge on any atom is 0.333 e. The lowest BCUT2D eigenvalue weighted by Gasteiger charge is -2.31. The van der Waals surface area contributed by atoms with Gasteiger partial charge in [-0.1, -0.05) is 24.3 Å². The number of aliphatic carboxylic acids is 1. The number of benzene rings is 2. The second-order valence-electron chi connectivity index (χ2n) is 17.2. The minimum Gasteiger partial charge on any atom is -0.485 e. The SMILES string of the molecule is CC(C)(C)OCC(C)(C)Oc1ccc(CC(C(=O)NCCCCc2ccc(COC(=O)C(C)(C)C)c(O[C@H]3CC(O)C[C@@H](C(=O)O)O3)c2)N2C(=O)C=CC2=O)cc1. The minimum absolute atomic E-state index is 0.0556. The first-order chi connectivity index (χ1) is 26.6. The third-order valence-electron chi connectivity index (χ3n) is 9.15. The molecular formula is C43H58N2O12. The largest absolute Gasteiger partial charge is 0.485 e. The predicted molar refractivity (Wildman–Crippen MR) is 209 cm³/mol. The van der Waals surface area contributed by atoms with Gasteiger partial charge in [0.2, 0.25) is 12.2 Å². The lowest BCUT2D eigenvalue weighted by molar-refractivity contribution is -0.195. The van der Waals surface area contributed by atoms with E-state index in [9.17, 15) is 34.2 Å². The molecule has 3 N–H and O–H groups in total. The van der Waals surface area contributed by atoms with Crippen LogP contribution in [0.15, 0.2) is 54.6 Å². The topological polar surface area (TPSA) is 187 Å². The van der Waals surface area contributed by atoms with Crippen LogP contribution in [0, 0.1) is 5.41 Å². The Hall–Kier alpha value is -4.79. The van der Waals surface area contributed by atoms with E-state index in [0.29, 0.717) is 42.9 Å². The van der Waals surface area contributed by atoms with Crippen LogP contribution in [-0.2, 0) is 57.6 Å². The number of carboxylic acids is 1. The van der Waals surface area contributed by atoms with Gasteiger partial charge in [0.05, 0.1) is 23.7 Å². The van der Waals surface area contributed by atoms with Gasteiger partial charge >= 0.3 is 11.9 Å². The van der Waals surface area contributed by atoms with E-state index in [2.05, 4.69) is 5.32 Å². The van der Waals surface area contributed by atoms with Crippen LogP contribution in [0.25, 0.3) is 0 Å². The van der Waals surface area contributed by atoms with E-state index < -0.39 is 65.2 Å². The maximum absolute atomic E-state index is 13.6. The van der Waals surface area contributed by atoms with Crippen LogP contribution in [0.1, 0.15) is 97.8 Å². The Morgan fingerprint density at radius 2 is 1.56 bits per heavy atom. The first-order valence-electron chi connectivity index (χ1n) is 19.4. The summed E-state index contributed by atoms with van der Waals surface area (Å²) in [6, 6.07) is 11.5. The summed E-state index contributed by atoms with van der Waals surface area (Å²) in [6.07, 6.45) is 1.02. The molecule has 2 aromatic carbocycles. The van der Waals surface area contributed by atoms with Crippen LogP contribution < -0.4 is 14.8 Å². The van der Waals surface area contributed by atoms with E-state index in [-0.39, 0.29) is 38.0 Å². The number of aryl methyl sites for hydroxylation is 1. The fourth-order valence-corrected chi connectivity index (χ4v) is 6.04. The van der Waals surface area contributed by atoms with Gasteiger partial charge in [-0.15, -0.1) is 0 Å². The molecule has 2 heterocycles. The Morgan fingerprint density at radius 1 is 0.912 bits per heavy atom. The van der Waals surface area contributed by atoms with Gasteiger partial charge in [-0.2, -0.15) is 0 Å². The fourth-order valence-electron chi connectivity index (χ4n) is 6.04. The number of carbonyl (C=O) groups is 5. The van der Waals surface area contributed by atoms with Crippen molar-refractivity contribution in [2.75, 3.05) is 13.2 Å². The Morgan fingerprint density at radius 3 is 2.18 bits per heavy atom. The van der Waals surface area contributed by atoms with Crippen molar-refractivity contribution in [3.8, 4) is 11.5 Å². The van der Waals surface area contributed by atoms with E-state index in [1.807, 2.05) is 40.7 Å². The Labute approximate surface area is 334 Å². The number of amides is 3. The van der Waals surface area contributed by atoms with Crippen LogP contribution in [0.5, 0.6) is 11.5 Å². The van der Waals surface area contributed by atoms with Crippen molar-refractivity contribution in [1.82, 2.24) is 10.2 Å². The van der Waals surface area contributed by atoms with Gasteiger partial charge in [-0.25, -0.2) is 4.79 Å². The van der Waals surface area contributed by atoms with Crippen molar-refractivity contribution in [3.63, 3.8) is 0 Å². The molecule has 57 heavy (non-hydrogen) atoms. The smallest absolute Gasteiger partial charge is 0.333 e. The van der Waals surface area contributed by atoms with Crippen molar-refractivity contribution in [3.05, 3.63) is 71.3 Å². The summed E-state index contributed by atoms with van der Waals surface area (Å²) in [4.78, 5) is 64.0. The van der Waals surface area contributed by atoms with Crippen molar-refractivity contribution in [1.29, 1.82) is 0 Å². The third-order valence-corrected chi connectivity index (χ3v) is 9.15. The molecule has 2 aromatic rings. The van der Waals surface area contributed by atoms with Crippen LogP contribution in [0.3, 0.4) is 0 Å². The minimum atomic E-state index is -1.23. The summed E-state index contributed by atoms with van der Waals surface area (Å²) < 4.78 is 29.2. The number of nitrogens with zero attached hydrogens (tertiary/aromatic N) is 1. The van der Waals surface area contributed by atoms with Crippen molar-refractivity contribution < 1.29 is 57.9 Å². The predicted octanol–water partition coefficient (Wildman–Crippen LogP) is 5.05. The quantitative estimate of drug-likeness (QED) is 0.104. The van der Waals surface area contributed by atoms with Crippen LogP contribution in [0.4, 0.5) is 0 Å². The maximum atomic E-state index is 13.6. The van der Waals surface area contributed by atoms with Gasteiger partial charge in [0, 0.05) is 43.5 Å². The van der Waals surface area contributed by atoms with Crippen LogP contribution >= 0.6 is 0 Å². The number of unbranched alkanes of at least 4 members (excludes halogenated alkanes) is 1. The van der Waals surface area contributed by atoms with Crippen LogP contribution in [-0.4, -0.2) is 93.7 Å². The standard InChI is InChI=1S/C43H58N2O12/c1-41(2,3)40(52)53-25-29-15-12-27(22-33(29)55-37-24-30(46)23-34(56-37)39(50)51)11-9-10-20-44-38(49)32(45-35(47)18-19-36(45)48)21-28-13-16-31(17-14-28)57-43(7,8)26-54-42(4,5)6/h12-19,22,30,32,34,37,46H,9-11,20-21,23-26H2,1-8H3,(H,44,49)(H,50,51)/t30?,32?,34-,37+/m0/s1. The molecule has 0 spiro atoms. The molecule has 0 aliphatic carbocycles. The monoisotopic (exact) mass is 794 g/mol. The average molecular weight is 795 g/mol. The second kappa shape index (κ2) is 19.1. The molecule has 312 valence electrons. The van der Waals surface area contributed by atoms with E-state index in [4.69, 9.17) is 23.7 Å². The highest BCUT2D eigenvalue weighted by Crippen LogP contribution is 2.29. The number of carbonyl (C=O) groups excluding carboxylic acids is 4. The molecule has 2 aliphatic heterocycles. The summed E-state index contributed by atoms with van der Waals surface area (Å²) in [6.45, 7) is 15.6. The molecule has 1 fully saturated rings. The van der Waals surface area contributed by atoms with Gasteiger partial charge in [0.25, 0.3) is 11.8 Å². The summed E-state index contributed by atoms with van der Waals surface area (Å²) in [5.41, 5.74) is 0.511. The number of ether oxygens (including phenoxy) is 5. The number of aliphatic hydroxyl groups is 1. The first kappa shape index (κ1) is 44.9. The van der Waals surface area contributed by atoms with Crippen molar-refractivity contribution in [2.24, 2.45) is 5.41 Å². The van der Waals surface area contributed by atoms with Gasteiger partial charge in [0.1, 0.15) is 29.7 Å². The van der Waals surface area contributed by atoms with E-state index in [1.165, 1.54) is 0 Å². The summed E-state index contributed by atoms with van der Waals surface area (Å²) in [5.74, 6) is -2.23. The summed E-state index contributed by atoms with van der Waals surface area (Å²) in [5, 5.41) is 22.6. The molecule has 0 saturated carbocycles. The summed E-state index contributed by atoms with van der Waals surface area (Å²) >= 11 is 0. The van der Waals surface area contributed by atoms with Crippen LogP contribution in [0.2, 0.25) is 0 Å². The number of carboxylic acid groups (broad SMARTS) is 1. The Bertz CT molecular complexity index is 1760. The number of nitrogens with one attached hydrogen (secondary N) is 1. The summed E-state index contributed by atoms with van der Waals surface area (Å²) in [7, 11) is 0. The molecular weight excluding hydrogens is 736 g/mol. The van der Waals surface area contributed by atoms with E-state index in [1.54, 1.807) is 57.2 Å². The average Bonchev–Trinajstić information content (AvgIpc) is 3.45. The molecule has 0 radical (unpaired) electrons. The second-order valence-corrected chi connectivity index (χ2v) is 17.2. The molecule has 2 unspecified atom stereocenters. The van der Waals surface area contributed by atoms with Gasteiger partial charge < -0.3 is 39.2 Å². The van der Waals surface area contributed by atoms with Gasteiger partial charge in [0.15, 0.2) is 6.10 Å². The zero-order valence-electron chi connectivity index (χ0n) is 34.3. The molecule has 0 bridgehead atoms. The van der Waals surface area contributed by atoms with E-state index in [0.717, 1.165) is 28.2 Å². The number of aliphatic hydroxyl groups excluding tert-OH is 1. The number of rotatable bonds is 18. The number of hydrogen-bond donors (Lipinski definition) is 3. The highest BCUT2D eigenvalue weighted by Gasteiger charge is 2.37. The number of imide groups is 1. The molecule has 0 aromatic heterocycles. The van der Waals surface area contributed by atoms with Crippen molar-refractivity contribution >= 4 is 29.7 Å². The molecule has 1 saturated heterocycles. The highest BCUT2D eigenvalue weighted by atomic mass is 16.7. The fraction of sp³-hybridized carbons (Fsp3) is 0.558. The molecule has 14 nitrogen and oxygen atoms in total. The normalized spacial score (nSPS) is 19.3.